The Morgan fingerprint density at radius 3 is 2.47 bits per heavy atom. The molecular formula is C14H22O5. The number of hydrogen-bond acceptors (Lipinski definition) is 5. The first-order chi connectivity index (χ1) is 9.03. The van der Waals surface area contributed by atoms with Gasteiger partial charge in [-0.1, -0.05) is 20.4 Å². The molecule has 1 saturated heterocycles. The minimum absolute atomic E-state index is 0.172. The molecule has 108 valence electrons. The summed E-state index contributed by atoms with van der Waals surface area (Å²) in [5, 5.41) is 0. The third-order valence-corrected chi connectivity index (χ3v) is 3.21. The van der Waals surface area contributed by atoms with Crippen molar-refractivity contribution in [3.63, 3.8) is 0 Å². The molecule has 0 aromatic heterocycles. The van der Waals surface area contributed by atoms with Crippen LogP contribution in [0.1, 0.15) is 39.5 Å². The second-order valence-corrected chi connectivity index (χ2v) is 4.56. The van der Waals surface area contributed by atoms with E-state index in [2.05, 4.69) is 11.3 Å². The maximum atomic E-state index is 12.0. The highest BCUT2D eigenvalue weighted by Gasteiger charge is 2.35. The molecule has 5 nitrogen and oxygen atoms in total. The van der Waals surface area contributed by atoms with Gasteiger partial charge in [0.25, 0.3) is 0 Å². The summed E-state index contributed by atoms with van der Waals surface area (Å²) in [5.41, 5.74) is 0. The highest BCUT2D eigenvalue weighted by Crippen LogP contribution is 2.22. The molecule has 1 unspecified atom stereocenters. The van der Waals surface area contributed by atoms with Crippen LogP contribution >= 0.6 is 0 Å². The number of esters is 1. The smallest absolute Gasteiger partial charge is 0.342 e. The van der Waals surface area contributed by atoms with E-state index in [1.807, 2.05) is 13.8 Å². The van der Waals surface area contributed by atoms with Crippen LogP contribution in [-0.2, 0) is 23.8 Å². The number of hydrogen-bond donors (Lipinski definition) is 0. The average molecular weight is 270 g/mol. The summed E-state index contributed by atoms with van der Waals surface area (Å²) in [6.45, 7) is 7.70. The predicted octanol–water partition coefficient (Wildman–Crippen LogP) is 1.99. The molecule has 5 heteroatoms. The van der Waals surface area contributed by atoms with Crippen molar-refractivity contribution in [3.8, 4) is 0 Å². The Bertz CT molecular complexity index is 350. The van der Waals surface area contributed by atoms with Gasteiger partial charge in [0, 0.05) is 12.8 Å². The Balaban J connectivity index is 2.97. The van der Waals surface area contributed by atoms with E-state index in [-0.39, 0.29) is 24.4 Å². The summed E-state index contributed by atoms with van der Waals surface area (Å²) in [4.78, 5) is 23.7. The van der Waals surface area contributed by atoms with Crippen molar-refractivity contribution in [2.24, 2.45) is 0 Å². The topological polar surface area (TPSA) is 61.8 Å². The third-order valence-electron chi connectivity index (χ3n) is 3.21. The fourth-order valence-electron chi connectivity index (χ4n) is 2.08. The highest BCUT2D eigenvalue weighted by molar-refractivity contribution is 6.02. The molecular weight excluding hydrogens is 248 g/mol. The van der Waals surface area contributed by atoms with Gasteiger partial charge >= 0.3 is 5.97 Å². The van der Waals surface area contributed by atoms with E-state index in [4.69, 9.17) is 9.47 Å². The number of ether oxygens (including phenoxy) is 3. The first-order valence-electron chi connectivity index (χ1n) is 6.63. The fraction of sp³-hybridized carbons (Fsp3) is 0.714. The van der Waals surface area contributed by atoms with Gasteiger partial charge < -0.3 is 14.2 Å². The van der Waals surface area contributed by atoms with E-state index in [9.17, 15) is 9.59 Å². The molecule has 3 atom stereocenters. The Hall–Kier alpha value is -1.36. The normalized spacial score (nSPS) is 28.9. The zero-order chi connectivity index (χ0) is 14.4. The summed E-state index contributed by atoms with van der Waals surface area (Å²) >= 11 is 0. The van der Waals surface area contributed by atoms with Crippen LogP contribution in [-0.4, -0.2) is 37.2 Å². The summed E-state index contributed by atoms with van der Waals surface area (Å²) in [7, 11) is 1.25. The monoisotopic (exact) mass is 270 g/mol. The summed E-state index contributed by atoms with van der Waals surface area (Å²) in [6, 6.07) is 0. The van der Waals surface area contributed by atoms with E-state index < -0.39 is 12.1 Å². The first-order valence-corrected chi connectivity index (χ1v) is 6.63. The van der Waals surface area contributed by atoms with E-state index in [1.165, 1.54) is 7.11 Å². The van der Waals surface area contributed by atoms with Crippen molar-refractivity contribution >= 4 is 11.8 Å². The highest BCUT2D eigenvalue weighted by atomic mass is 16.6. The number of carbonyl (C=O) groups excluding carboxylic acids is 2. The standard InChI is InChI=1S/C14H22O5/c1-5-11-12(6-2)19-13(14(16)17-4)10(15)8-7-9(3)18-11/h11-13H,3,5-8H2,1-2,4H3/t11-,12-,13?/m0/s1. The molecule has 1 aliphatic heterocycles. The van der Waals surface area contributed by atoms with Gasteiger partial charge in [-0.05, 0) is 12.8 Å². The molecule has 0 aromatic rings. The minimum atomic E-state index is -1.15. The molecule has 0 aliphatic carbocycles. The van der Waals surface area contributed by atoms with Gasteiger partial charge in [0.2, 0.25) is 6.10 Å². The molecule has 0 bridgehead atoms. The second-order valence-electron chi connectivity index (χ2n) is 4.56. The Morgan fingerprint density at radius 2 is 1.95 bits per heavy atom. The lowest BCUT2D eigenvalue weighted by Crippen LogP contribution is -2.40. The van der Waals surface area contributed by atoms with E-state index in [1.54, 1.807) is 0 Å². The van der Waals surface area contributed by atoms with Gasteiger partial charge in [0.15, 0.2) is 5.78 Å². The van der Waals surface area contributed by atoms with Gasteiger partial charge in [-0.3, -0.25) is 4.79 Å². The molecule has 1 heterocycles. The molecule has 0 N–H and O–H groups in total. The van der Waals surface area contributed by atoms with Crippen LogP contribution in [0.5, 0.6) is 0 Å². The molecule has 0 radical (unpaired) electrons. The fourth-order valence-corrected chi connectivity index (χ4v) is 2.08. The lowest BCUT2D eigenvalue weighted by molar-refractivity contribution is -0.167. The van der Waals surface area contributed by atoms with Crippen LogP contribution in [0.4, 0.5) is 0 Å². The summed E-state index contributed by atoms with van der Waals surface area (Å²) in [6.07, 6.45) is 0.266. The van der Waals surface area contributed by atoms with Gasteiger partial charge in [0.05, 0.1) is 19.0 Å². The van der Waals surface area contributed by atoms with Crippen LogP contribution in [0.2, 0.25) is 0 Å². The minimum Gasteiger partial charge on any atom is -0.493 e. The first kappa shape index (κ1) is 15.7. The molecule has 0 spiro atoms. The second kappa shape index (κ2) is 7.28. The SMILES string of the molecule is C=C1CCC(=O)C(C(=O)OC)O[C@@H](CC)[C@H](CC)O1. The summed E-state index contributed by atoms with van der Waals surface area (Å²) < 4.78 is 16.0. The van der Waals surface area contributed by atoms with Crippen LogP contribution in [0.3, 0.4) is 0 Å². The van der Waals surface area contributed by atoms with Crippen molar-refractivity contribution in [2.45, 2.75) is 57.8 Å². The van der Waals surface area contributed by atoms with Gasteiger partial charge in [-0.25, -0.2) is 4.79 Å². The largest absolute Gasteiger partial charge is 0.493 e. The van der Waals surface area contributed by atoms with Crippen LogP contribution in [0, 0.1) is 0 Å². The Kier molecular flexibility index (Phi) is 6.02. The molecule has 0 amide bonds. The van der Waals surface area contributed by atoms with Crippen LogP contribution < -0.4 is 0 Å². The molecule has 1 aliphatic rings. The Labute approximate surface area is 113 Å². The molecule has 19 heavy (non-hydrogen) atoms. The quantitative estimate of drug-likeness (QED) is 0.580. The zero-order valence-electron chi connectivity index (χ0n) is 11.8. The average Bonchev–Trinajstić information content (AvgIpc) is 2.48. The lowest BCUT2D eigenvalue weighted by atomic mass is 10.1. The lowest BCUT2D eigenvalue weighted by Gasteiger charge is -2.27. The maximum Gasteiger partial charge on any atom is 0.342 e. The maximum absolute atomic E-state index is 12.0. The molecule has 0 saturated carbocycles. The number of methoxy groups -OCH3 is 1. The van der Waals surface area contributed by atoms with Crippen LogP contribution in [0.15, 0.2) is 12.3 Å². The third kappa shape index (κ3) is 4.06. The van der Waals surface area contributed by atoms with Crippen molar-refractivity contribution in [2.75, 3.05) is 7.11 Å². The van der Waals surface area contributed by atoms with E-state index in [0.717, 1.165) is 6.42 Å². The summed E-state index contributed by atoms with van der Waals surface area (Å²) in [5.74, 6) is -0.370. The van der Waals surface area contributed by atoms with E-state index in [0.29, 0.717) is 18.6 Å². The molecule has 0 aromatic carbocycles. The Morgan fingerprint density at radius 1 is 1.32 bits per heavy atom. The van der Waals surface area contributed by atoms with E-state index >= 15 is 0 Å². The number of ketones is 1. The van der Waals surface area contributed by atoms with Crippen molar-refractivity contribution in [3.05, 3.63) is 12.3 Å². The molecule has 1 fully saturated rings. The van der Waals surface area contributed by atoms with Gasteiger partial charge in [-0.2, -0.15) is 0 Å². The van der Waals surface area contributed by atoms with Crippen molar-refractivity contribution < 1.29 is 23.8 Å². The molecule has 1 rings (SSSR count). The number of allylic oxidation sites excluding steroid dienone is 1. The number of carbonyl (C=O) groups is 2. The van der Waals surface area contributed by atoms with Crippen LogP contribution in [0.25, 0.3) is 0 Å². The van der Waals surface area contributed by atoms with Crippen molar-refractivity contribution in [1.82, 2.24) is 0 Å². The van der Waals surface area contributed by atoms with Gasteiger partial charge in [0.1, 0.15) is 6.10 Å². The van der Waals surface area contributed by atoms with Crippen molar-refractivity contribution in [1.29, 1.82) is 0 Å². The number of Topliss-reactive ketones (excluding diaryl/α,β-unsaturated/α-hetero) is 1. The predicted molar refractivity (Wildman–Crippen MR) is 69.5 cm³/mol. The number of rotatable bonds is 3. The zero-order valence-corrected chi connectivity index (χ0v) is 11.8. The van der Waals surface area contributed by atoms with Gasteiger partial charge in [-0.15, -0.1) is 0 Å².